The third-order valence-corrected chi connectivity index (χ3v) is 2.32. The Hall–Kier alpha value is -1.34. The molecule has 2 aromatic carbocycles. The van der Waals surface area contributed by atoms with E-state index in [1.54, 1.807) is 0 Å². The predicted octanol–water partition coefficient (Wildman–Crippen LogP) is 3.03. The molecule has 2 rings (SSSR count). The van der Waals surface area contributed by atoms with Crippen LogP contribution in [0.4, 0.5) is 0 Å². The van der Waals surface area contributed by atoms with Gasteiger partial charge in [-0.1, -0.05) is 36.4 Å². The zero-order chi connectivity index (χ0) is 10.6. The minimum Gasteiger partial charge on any atom is -0.333 e. The third kappa shape index (κ3) is 1.94. The summed E-state index contributed by atoms with van der Waals surface area (Å²) in [4.78, 5) is 0. The second-order valence-electron chi connectivity index (χ2n) is 3.25. The molecule has 0 fully saturated rings. The van der Waals surface area contributed by atoms with E-state index >= 15 is 0 Å². The average molecular weight is 187 g/mol. The van der Waals surface area contributed by atoms with Gasteiger partial charge < -0.3 is 5.73 Å². The molecule has 2 N–H and O–H groups in total. The van der Waals surface area contributed by atoms with Crippen molar-refractivity contribution in [2.45, 2.75) is 13.8 Å². The lowest BCUT2D eigenvalue weighted by atomic mass is 10.0. The fourth-order valence-electron chi connectivity index (χ4n) is 1.75. The Kier molecular flexibility index (Phi) is 3.66. The van der Waals surface area contributed by atoms with Gasteiger partial charge in [0.2, 0.25) is 0 Å². The quantitative estimate of drug-likeness (QED) is 0.674. The lowest BCUT2D eigenvalue weighted by molar-refractivity contribution is 1.46. The van der Waals surface area contributed by atoms with Gasteiger partial charge in [-0.3, -0.25) is 0 Å². The molecule has 0 aliphatic carbocycles. The second kappa shape index (κ2) is 4.77. The Morgan fingerprint density at radius 2 is 1.21 bits per heavy atom. The first-order valence-electron chi connectivity index (χ1n) is 4.82. The molecular weight excluding hydrogens is 170 g/mol. The predicted molar refractivity (Wildman–Crippen MR) is 63.5 cm³/mol. The molecule has 0 atom stereocenters. The Balaban J connectivity index is 0.000000461. The molecule has 0 bridgehead atoms. The molecule has 0 aliphatic rings. The molecule has 1 heteroatoms. The maximum Gasteiger partial charge on any atom is -0.0125 e. The van der Waals surface area contributed by atoms with Crippen molar-refractivity contribution in [2.24, 2.45) is 5.73 Å². The van der Waals surface area contributed by atoms with Crippen LogP contribution in [0.2, 0.25) is 0 Å². The van der Waals surface area contributed by atoms with Crippen LogP contribution in [0.25, 0.3) is 10.8 Å². The van der Waals surface area contributed by atoms with Crippen LogP contribution in [0.5, 0.6) is 0 Å². The Labute approximate surface area is 85.6 Å². The zero-order valence-electron chi connectivity index (χ0n) is 9.04. The van der Waals surface area contributed by atoms with Crippen LogP contribution in [0, 0.1) is 13.8 Å². The molecule has 0 radical (unpaired) electrons. The molecular formula is C13H17N. The molecule has 0 unspecified atom stereocenters. The minimum absolute atomic E-state index is 1.34. The smallest absolute Gasteiger partial charge is 0.0125 e. The number of hydrogen-bond acceptors (Lipinski definition) is 1. The fourth-order valence-corrected chi connectivity index (χ4v) is 1.75. The molecule has 14 heavy (non-hydrogen) atoms. The van der Waals surface area contributed by atoms with E-state index < -0.39 is 0 Å². The van der Waals surface area contributed by atoms with Gasteiger partial charge in [0, 0.05) is 0 Å². The zero-order valence-corrected chi connectivity index (χ0v) is 9.04. The van der Waals surface area contributed by atoms with Crippen LogP contribution < -0.4 is 5.73 Å². The summed E-state index contributed by atoms with van der Waals surface area (Å²) in [7, 11) is 1.50. The number of nitrogens with two attached hydrogens (primary N) is 1. The lowest BCUT2D eigenvalue weighted by Gasteiger charge is -2.04. The molecule has 0 spiro atoms. The molecule has 1 nitrogen and oxygen atoms in total. The van der Waals surface area contributed by atoms with Gasteiger partial charge in [0.05, 0.1) is 0 Å². The van der Waals surface area contributed by atoms with Crippen molar-refractivity contribution in [2.75, 3.05) is 7.05 Å². The van der Waals surface area contributed by atoms with E-state index in [0.29, 0.717) is 0 Å². The SMILES string of the molecule is CN.Cc1cccc2cccc(C)c12. The van der Waals surface area contributed by atoms with E-state index in [9.17, 15) is 0 Å². The summed E-state index contributed by atoms with van der Waals surface area (Å²) >= 11 is 0. The summed E-state index contributed by atoms with van der Waals surface area (Å²) in [5.41, 5.74) is 7.23. The number of benzene rings is 2. The summed E-state index contributed by atoms with van der Waals surface area (Å²) in [5.74, 6) is 0. The Morgan fingerprint density at radius 1 is 0.786 bits per heavy atom. The van der Waals surface area contributed by atoms with Crippen molar-refractivity contribution in [3.05, 3.63) is 47.5 Å². The van der Waals surface area contributed by atoms with E-state index in [4.69, 9.17) is 0 Å². The Morgan fingerprint density at radius 3 is 1.57 bits per heavy atom. The van der Waals surface area contributed by atoms with Crippen LogP contribution in [0.15, 0.2) is 36.4 Å². The van der Waals surface area contributed by atoms with Crippen molar-refractivity contribution < 1.29 is 0 Å². The van der Waals surface area contributed by atoms with Crippen molar-refractivity contribution in [3.63, 3.8) is 0 Å². The molecule has 0 aliphatic heterocycles. The van der Waals surface area contributed by atoms with E-state index in [1.165, 1.54) is 28.9 Å². The average Bonchev–Trinajstić information content (AvgIpc) is 2.21. The topological polar surface area (TPSA) is 26.0 Å². The van der Waals surface area contributed by atoms with Gasteiger partial charge in [-0.2, -0.15) is 0 Å². The van der Waals surface area contributed by atoms with Gasteiger partial charge >= 0.3 is 0 Å². The molecule has 74 valence electrons. The molecule has 0 amide bonds. The maximum absolute atomic E-state index is 4.50. The van der Waals surface area contributed by atoms with Gasteiger partial charge in [-0.25, -0.2) is 0 Å². The van der Waals surface area contributed by atoms with Crippen molar-refractivity contribution in [3.8, 4) is 0 Å². The second-order valence-corrected chi connectivity index (χ2v) is 3.25. The lowest BCUT2D eigenvalue weighted by Crippen LogP contribution is -1.81. The molecule has 2 aromatic rings. The van der Waals surface area contributed by atoms with Crippen LogP contribution in [-0.2, 0) is 0 Å². The normalized spacial score (nSPS) is 9.43. The van der Waals surface area contributed by atoms with Crippen LogP contribution in [-0.4, -0.2) is 7.05 Å². The van der Waals surface area contributed by atoms with Crippen molar-refractivity contribution in [1.82, 2.24) is 0 Å². The molecule has 0 saturated heterocycles. The van der Waals surface area contributed by atoms with Gasteiger partial charge in [-0.15, -0.1) is 0 Å². The summed E-state index contributed by atoms with van der Waals surface area (Å²) in [5, 5.41) is 2.75. The van der Waals surface area contributed by atoms with Gasteiger partial charge in [0.1, 0.15) is 0 Å². The first-order chi connectivity index (χ1) is 6.79. The van der Waals surface area contributed by atoms with E-state index in [2.05, 4.69) is 56.0 Å². The minimum atomic E-state index is 1.34. The van der Waals surface area contributed by atoms with E-state index in [1.807, 2.05) is 0 Å². The van der Waals surface area contributed by atoms with Crippen LogP contribution >= 0.6 is 0 Å². The standard InChI is InChI=1S/C12H12.CH5N/c1-9-5-3-7-11-8-4-6-10(2)12(9)11;1-2/h3-8H,1-2H3;2H2,1H3. The molecule has 0 saturated carbocycles. The summed E-state index contributed by atoms with van der Waals surface area (Å²) in [6.45, 7) is 4.32. The first-order valence-corrected chi connectivity index (χ1v) is 4.82. The van der Waals surface area contributed by atoms with Crippen LogP contribution in [0.1, 0.15) is 11.1 Å². The van der Waals surface area contributed by atoms with Crippen molar-refractivity contribution >= 4 is 10.8 Å². The fraction of sp³-hybridized carbons (Fsp3) is 0.231. The highest BCUT2D eigenvalue weighted by Gasteiger charge is 1.97. The largest absolute Gasteiger partial charge is 0.333 e. The summed E-state index contributed by atoms with van der Waals surface area (Å²) in [6.07, 6.45) is 0. The Bertz CT molecular complexity index is 382. The number of aryl methyl sites for hydroxylation is 2. The van der Waals surface area contributed by atoms with E-state index in [-0.39, 0.29) is 0 Å². The van der Waals surface area contributed by atoms with Gasteiger partial charge in [-0.05, 0) is 42.8 Å². The third-order valence-electron chi connectivity index (χ3n) is 2.32. The highest BCUT2D eigenvalue weighted by atomic mass is 14.4. The first kappa shape index (κ1) is 10.7. The van der Waals surface area contributed by atoms with E-state index in [0.717, 1.165) is 0 Å². The van der Waals surface area contributed by atoms with Gasteiger partial charge in [0.15, 0.2) is 0 Å². The van der Waals surface area contributed by atoms with Crippen LogP contribution in [0.3, 0.4) is 0 Å². The van der Waals surface area contributed by atoms with Crippen molar-refractivity contribution in [1.29, 1.82) is 0 Å². The molecule has 0 heterocycles. The highest BCUT2D eigenvalue weighted by Crippen LogP contribution is 2.21. The number of fused-ring (bicyclic) bond motifs is 1. The number of rotatable bonds is 0. The van der Waals surface area contributed by atoms with Gasteiger partial charge in [0.25, 0.3) is 0 Å². The maximum atomic E-state index is 4.50. The molecule has 0 aromatic heterocycles. The summed E-state index contributed by atoms with van der Waals surface area (Å²) in [6, 6.07) is 12.9. The monoisotopic (exact) mass is 187 g/mol. The number of hydrogen-bond donors (Lipinski definition) is 1. The summed E-state index contributed by atoms with van der Waals surface area (Å²) < 4.78 is 0. The highest BCUT2D eigenvalue weighted by molar-refractivity contribution is 5.88.